The first-order valence-electron chi connectivity index (χ1n) is 10.4. The topological polar surface area (TPSA) is 80.5 Å². The van der Waals surface area contributed by atoms with Gasteiger partial charge in [-0.3, -0.25) is 9.69 Å². The Morgan fingerprint density at radius 1 is 1.23 bits per heavy atom. The van der Waals surface area contributed by atoms with E-state index in [0.29, 0.717) is 31.4 Å². The molecule has 1 saturated heterocycles. The van der Waals surface area contributed by atoms with Gasteiger partial charge in [0.2, 0.25) is 17.6 Å². The van der Waals surface area contributed by atoms with E-state index in [1.54, 1.807) is 0 Å². The monoisotopic (exact) mass is 406 g/mol. The van der Waals surface area contributed by atoms with Crippen molar-refractivity contribution in [2.45, 2.75) is 26.3 Å². The van der Waals surface area contributed by atoms with E-state index in [0.717, 1.165) is 36.4 Å². The summed E-state index contributed by atoms with van der Waals surface area (Å²) in [4.78, 5) is 19.5. The molecular weight excluding hydrogens is 380 g/mol. The van der Waals surface area contributed by atoms with Crippen LogP contribution in [0, 0.1) is 5.92 Å². The number of hydrogen-bond acceptors (Lipinski definition) is 6. The Hall–Kier alpha value is -3.19. The van der Waals surface area contributed by atoms with Gasteiger partial charge in [-0.25, -0.2) is 0 Å². The number of aromatic nitrogens is 2. The Kier molecular flexibility index (Phi) is 6.39. The number of amides is 1. The van der Waals surface area contributed by atoms with Crippen molar-refractivity contribution in [1.29, 1.82) is 0 Å². The molecule has 1 aliphatic rings. The summed E-state index contributed by atoms with van der Waals surface area (Å²) in [6.07, 6.45) is 1.82. The Bertz CT molecular complexity index is 973. The van der Waals surface area contributed by atoms with Crippen LogP contribution in [0.4, 0.5) is 5.69 Å². The molecule has 0 spiro atoms. The van der Waals surface area contributed by atoms with E-state index in [-0.39, 0.29) is 11.8 Å². The van der Waals surface area contributed by atoms with Crippen LogP contribution in [0.15, 0.2) is 59.1 Å². The summed E-state index contributed by atoms with van der Waals surface area (Å²) in [6, 6.07) is 17.3. The molecule has 1 aliphatic heterocycles. The van der Waals surface area contributed by atoms with E-state index >= 15 is 0 Å². The van der Waals surface area contributed by atoms with Crippen molar-refractivity contribution in [3.8, 4) is 17.1 Å². The minimum Gasteiger partial charge on any atom is -0.494 e. The maximum absolute atomic E-state index is 12.8. The fraction of sp³-hybridized carbons (Fsp3) is 0.348. The predicted molar refractivity (Wildman–Crippen MR) is 114 cm³/mol. The Labute approximate surface area is 176 Å². The number of anilines is 1. The molecule has 2 heterocycles. The normalized spacial score (nSPS) is 16.9. The van der Waals surface area contributed by atoms with E-state index < -0.39 is 0 Å². The lowest BCUT2D eigenvalue weighted by atomic mass is 9.97. The molecule has 0 bridgehead atoms. The Balaban J connectivity index is 1.35. The largest absolute Gasteiger partial charge is 0.494 e. The summed E-state index contributed by atoms with van der Waals surface area (Å²) in [5, 5.41) is 7.10. The average Bonchev–Trinajstić information content (AvgIpc) is 3.23. The van der Waals surface area contributed by atoms with E-state index in [1.165, 1.54) is 0 Å². The third-order valence-corrected chi connectivity index (χ3v) is 5.15. The van der Waals surface area contributed by atoms with E-state index in [9.17, 15) is 4.79 Å². The highest BCUT2D eigenvalue weighted by molar-refractivity contribution is 5.92. The Morgan fingerprint density at radius 3 is 2.93 bits per heavy atom. The number of carbonyl (C=O) groups is 1. The van der Waals surface area contributed by atoms with Crippen molar-refractivity contribution >= 4 is 11.6 Å². The lowest BCUT2D eigenvalue weighted by Gasteiger charge is -2.30. The highest BCUT2D eigenvalue weighted by atomic mass is 16.5. The fourth-order valence-corrected chi connectivity index (χ4v) is 3.70. The highest BCUT2D eigenvalue weighted by Crippen LogP contribution is 2.23. The van der Waals surface area contributed by atoms with Gasteiger partial charge in [-0.05, 0) is 38.4 Å². The van der Waals surface area contributed by atoms with Crippen LogP contribution >= 0.6 is 0 Å². The highest BCUT2D eigenvalue weighted by Gasteiger charge is 2.27. The zero-order valence-corrected chi connectivity index (χ0v) is 17.1. The maximum Gasteiger partial charge on any atom is 0.241 e. The van der Waals surface area contributed by atoms with Gasteiger partial charge >= 0.3 is 0 Å². The summed E-state index contributed by atoms with van der Waals surface area (Å²) in [6.45, 7) is 4.65. The van der Waals surface area contributed by atoms with E-state index in [1.807, 2.05) is 61.5 Å². The minimum absolute atomic E-state index is 0.0313. The second-order valence-corrected chi connectivity index (χ2v) is 7.40. The van der Waals surface area contributed by atoms with Gasteiger partial charge in [0.25, 0.3) is 0 Å². The molecule has 1 fully saturated rings. The predicted octanol–water partition coefficient (Wildman–Crippen LogP) is 3.99. The van der Waals surface area contributed by atoms with Crippen LogP contribution in [-0.2, 0) is 11.3 Å². The lowest BCUT2D eigenvalue weighted by Crippen LogP contribution is -2.40. The van der Waals surface area contributed by atoms with Gasteiger partial charge < -0.3 is 14.6 Å². The molecule has 0 saturated carbocycles. The van der Waals surface area contributed by atoms with Crippen molar-refractivity contribution in [3.63, 3.8) is 0 Å². The molecule has 3 aromatic rings. The smallest absolute Gasteiger partial charge is 0.241 e. The average molecular weight is 406 g/mol. The molecule has 2 aromatic carbocycles. The van der Waals surface area contributed by atoms with Gasteiger partial charge in [0.1, 0.15) is 5.75 Å². The molecule has 1 atom stereocenters. The van der Waals surface area contributed by atoms with Crippen LogP contribution in [0.1, 0.15) is 25.7 Å². The number of hydrogen-bond donors (Lipinski definition) is 1. The molecule has 7 heteroatoms. The van der Waals surface area contributed by atoms with Crippen molar-refractivity contribution in [3.05, 3.63) is 60.5 Å². The summed E-state index contributed by atoms with van der Waals surface area (Å²) in [7, 11) is 0. The third-order valence-electron chi connectivity index (χ3n) is 5.15. The van der Waals surface area contributed by atoms with Crippen molar-refractivity contribution in [2.24, 2.45) is 5.92 Å². The van der Waals surface area contributed by atoms with Crippen LogP contribution in [-0.4, -0.2) is 40.6 Å². The molecule has 1 N–H and O–H groups in total. The van der Waals surface area contributed by atoms with E-state index in [4.69, 9.17) is 9.26 Å². The zero-order chi connectivity index (χ0) is 20.8. The standard InChI is InChI=1S/C23H26N4O3/c1-2-29-20-12-6-11-19(14-20)24-23(28)18-10-7-13-27(15-18)16-21-25-22(26-30-21)17-8-4-3-5-9-17/h3-6,8-9,11-12,14,18H,2,7,10,13,15-16H2,1H3,(H,24,28). The SMILES string of the molecule is CCOc1cccc(NC(=O)C2CCCN(Cc3nc(-c4ccccc4)no3)C2)c1. The molecule has 156 valence electrons. The molecule has 1 aromatic heterocycles. The maximum atomic E-state index is 12.8. The molecule has 0 aliphatic carbocycles. The van der Waals surface area contributed by atoms with E-state index in [2.05, 4.69) is 20.4 Å². The van der Waals surface area contributed by atoms with Gasteiger partial charge in [0, 0.05) is 23.9 Å². The number of nitrogens with one attached hydrogen (secondary N) is 1. The van der Waals surface area contributed by atoms with Gasteiger partial charge in [0.15, 0.2) is 0 Å². The van der Waals surface area contributed by atoms with Crippen LogP contribution in [0.2, 0.25) is 0 Å². The van der Waals surface area contributed by atoms with Gasteiger partial charge in [0.05, 0.1) is 19.1 Å². The zero-order valence-electron chi connectivity index (χ0n) is 17.1. The molecule has 4 rings (SSSR count). The summed E-state index contributed by atoms with van der Waals surface area (Å²) in [5.41, 5.74) is 1.69. The number of piperidine rings is 1. The summed E-state index contributed by atoms with van der Waals surface area (Å²) >= 11 is 0. The number of ether oxygens (including phenoxy) is 1. The summed E-state index contributed by atoms with van der Waals surface area (Å²) in [5.74, 6) is 1.87. The molecule has 7 nitrogen and oxygen atoms in total. The number of carbonyl (C=O) groups excluding carboxylic acids is 1. The quantitative estimate of drug-likeness (QED) is 0.639. The number of nitrogens with zero attached hydrogens (tertiary/aromatic N) is 3. The third kappa shape index (κ3) is 5.04. The lowest BCUT2D eigenvalue weighted by molar-refractivity contribution is -0.121. The van der Waals surface area contributed by atoms with Crippen molar-refractivity contribution in [2.75, 3.05) is 25.0 Å². The molecular formula is C23H26N4O3. The minimum atomic E-state index is -0.0778. The molecule has 1 amide bonds. The number of rotatable bonds is 7. The first-order valence-corrected chi connectivity index (χ1v) is 10.4. The van der Waals surface area contributed by atoms with Crippen LogP contribution in [0.25, 0.3) is 11.4 Å². The number of benzene rings is 2. The van der Waals surface area contributed by atoms with Crippen LogP contribution < -0.4 is 10.1 Å². The van der Waals surface area contributed by atoms with Gasteiger partial charge in [-0.2, -0.15) is 4.98 Å². The Morgan fingerprint density at radius 2 is 2.10 bits per heavy atom. The summed E-state index contributed by atoms with van der Waals surface area (Å²) < 4.78 is 10.9. The molecule has 1 unspecified atom stereocenters. The second kappa shape index (κ2) is 9.54. The second-order valence-electron chi connectivity index (χ2n) is 7.40. The number of likely N-dealkylation sites (tertiary alicyclic amines) is 1. The fourth-order valence-electron chi connectivity index (χ4n) is 3.70. The molecule has 0 radical (unpaired) electrons. The van der Waals surface area contributed by atoms with Crippen molar-refractivity contribution < 1.29 is 14.1 Å². The van der Waals surface area contributed by atoms with Gasteiger partial charge in [-0.15, -0.1) is 0 Å². The first kappa shape index (κ1) is 20.1. The first-order chi connectivity index (χ1) is 14.7. The van der Waals surface area contributed by atoms with Gasteiger partial charge in [-0.1, -0.05) is 41.6 Å². The molecule has 30 heavy (non-hydrogen) atoms. The van der Waals surface area contributed by atoms with Crippen LogP contribution in [0.3, 0.4) is 0 Å². The van der Waals surface area contributed by atoms with Crippen molar-refractivity contribution in [1.82, 2.24) is 15.0 Å². The van der Waals surface area contributed by atoms with Crippen LogP contribution in [0.5, 0.6) is 5.75 Å².